The highest BCUT2D eigenvalue weighted by Gasteiger charge is 2.42. The van der Waals surface area contributed by atoms with Crippen LogP contribution in [0.15, 0.2) is 30.5 Å². The van der Waals surface area contributed by atoms with Crippen LogP contribution in [0.1, 0.15) is 41.7 Å². The van der Waals surface area contributed by atoms with Gasteiger partial charge in [-0.3, -0.25) is 14.4 Å². The van der Waals surface area contributed by atoms with Crippen molar-refractivity contribution < 1.29 is 38.1 Å². The Morgan fingerprint density at radius 2 is 1.68 bits per heavy atom. The van der Waals surface area contributed by atoms with Crippen LogP contribution in [0.4, 0.5) is 4.79 Å². The van der Waals surface area contributed by atoms with Crippen LogP contribution >= 0.6 is 11.8 Å². The minimum Gasteiger partial charge on any atom is -0.377 e. The van der Waals surface area contributed by atoms with E-state index in [1.54, 1.807) is 35.1 Å². The molecule has 14 nitrogen and oxygen atoms in total. The summed E-state index contributed by atoms with van der Waals surface area (Å²) in [5.41, 5.74) is 1.68. The fourth-order valence-electron chi connectivity index (χ4n) is 4.80. The number of amides is 3. The highest BCUT2D eigenvalue weighted by atomic mass is 32.2. The van der Waals surface area contributed by atoms with Crippen molar-refractivity contribution in [3.63, 3.8) is 0 Å². The van der Waals surface area contributed by atoms with E-state index in [9.17, 15) is 19.2 Å². The van der Waals surface area contributed by atoms with Gasteiger partial charge in [-0.05, 0) is 37.1 Å². The Bertz CT molecular complexity index is 1210. The third kappa shape index (κ3) is 11.0. The Morgan fingerprint density at radius 1 is 0.977 bits per heavy atom. The van der Waals surface area contributed by atoms with E-state index < -0.39 is 5.78 Å². The SMILES string of the molecule is O=CC(=O)c1ccc(-n2cc(COCCOCCOCCOCCNC(=O)CCCC[C@H]3SC[C@@H]4NC(=O)N[C@@H]43)nn2)cc1. The highest BCUT2D eigenvalue weighted by molar-refractivity contribution is 8.00. The van der Waals surface area contributed by atoms with Crippen molar-refractivity contribution in [2.45, 2.75) is 49.6 Å². The van der Waals surface area contributed by atoms with Crippen molar-refractivity contribution in [2.24, 2.45) is 0 Å². The quantitative estimate of drug-likeness (QED) is 0.0557. The van der Waals surface area contributed by atoms with Crippen molar-refractivity contribution in [2.75, 3.05) is 58.5 Å². The number of nitrogens with zero attached hydrogens (tertiary/aromatic N) is 3. The molecular formula is C29H40N6O8S. The molecule has 0 saturated carbocycles. The summed E-state index contributed by atoms with van der Waals surface area (Å²) >= 11 is 1.89. The maximum absolute atomic E-state index is 12.0. The maximum Gasteiger partial charge on any atom is 0.315 e. The second-order valence-corrected chi connectivity index (χ2v) is 11.6. The van der Waals surface area contributed by atoms with Gasteiger partial charge >= 0.3 is 6.03 Å². The molecule has 0 bridgehead atoms. The average molecular weight is 633 g/mol. The van der Waals surface area contributed by atoms with Crippen LogP contribution in [0, 0.1) is 0 Å². The smallest absolute Gasteiger partial charge is 0.315 e. The van der Waals surface area contributed by atoms with E-state index in [2.05, 4.69) is 26.3 Å². The topological polar surface area (TPSA) is 172 Å². The number of ketones is 1. The van der Waals surface area contributed by atoms with Crippen LogP contribution in [-0.2, 0) is 35.1 Å². The zero-order chi connectivity index (χ0) is 31.0. The maximum atomic E-state index is 12.0. The lowest BCUT2D eigenvalue weighted by molar-refractivity contribution is -0.121. The molecular weight excluding hydrogens is 592 g/mol. The number of hydrogen-bond acceptors (Lipinski definition) is 11. The fraction of sp³-hybridized carbons (Fsp3) is 0.586. The number of fused-ring (bicyclic) bond motifs is 1. The Kier molecular flexibility index (Phi) is 14.0. The predicted molar refractivity (Wildman–Crippen MR) is 161 cm³/mol. The molecule has 44 heavy (non-hydrogen) atoms. The first-order chi connectivity index (χ1) is 21.5. The number of urea groups is 1. The normalized spacial score (nSPS) is 18.9. The van der Waals surface area contributed by atoms with Gasteiger partial charge in [-0.1, -0.05) is 11.6 Å². The summed E-state index contributed by atoms with van der Waals surface area (Å²) in [5, 5.41) is 17.4. The number of rotatable bonds is 22. The zero-order valence-corrected chi connectivity index (χ0v) is 25.4. The van der Waals surface area contributed by atoms with Gasteiger partial charge in [0.25, 0.3) is 0 Å². The third-order valence-corrected chi connectivity index (χ3v) is 8.59. The van der Waals surface area contributed by atoms with Crippen molar-refractivity contribution >= 4 is 35.8 Å². The molecule has 0 aliphatic carbocycles. The van der Waals surface area contributed by atoms with Crippen LogP contribution < -0.4 is 16.0 Å². The molecule has 2 fully saturated rings. The first kappa shape index (κ1) is 33.5. The number of carbonyl (C=O) groups is 4. The summed E-state index contributed by atoms with van der Waals surface area (Å²) in [6, 6.07) is 6.88. The lowest BCUT2D eigenvalue weighted by Crippen LogP contribution is -2.36. The predicted octanol–water partition coefficient (Wildman–Crippen LogP) is 1.06. The summed E-state index contributed by atoms with van der Waals surface area (Å²) in [6.07, 6.45) is 5.31. The molecule has 2 saturated heterocycles. The molecule has 1 aromatic carbocycles. The molecule has 2 aliphatic rings. The monoisotopic (exact) mass is 632 g/mol. The molecule has 4 rings (SSSR count). The number of benzene rings is 1. The van der Waals surface area contributed by atoms with E-state index in [0.29, 0.717) is 81.4 Å². The largest absolute Gasteiger partial charge is 0.377 e. The van der Waals surface area contributed by atoms with Gasteiger partial charge in [-0.2, -0.15) is 11.8 Å². The van der Waals surface area contributed by atoms with Gasteiger partial charge < -0.3 is 34.9 Å². The summed E-state index contributed by atoms with van der Waals surface area (Å²) in [6.45, 7) is 3.73. The molecule has 0 unspecified atom stereocenters. The Balaban J connectivity index is 0.893. The Labute approximate surface area is 260 Å². The molecule has 3 amide bonds. The van der Waals surface area contributed by atoms with Crippen LogP contribution in [0.3, 0.4) is 0 Å². The van der Waals surface area contributed by atoms with Gasteiger partial charge in [0.1, 0.15) is 5.69 Å². The van der Waals surface area contributed by atoms with Crippen LogP contribution in [0.2, 0.25) is 0 Å². The summed E-state index contributed by atoms with van der Waals surface area (Å²) in [4.78, 5) is 45.5. The molecule has 3 heterocycles. The Morgan fingerprint density at radius 3 is 2.41 bits per heavy atom. The van der Waals surface area contributed by atoms with Crippen LogP contribution in [-0.4, -0.2) is 115 Å². The van der Waals surface area contributed by atoms with Gasteiger partial charge in [0.05, 0.1) is 76.8 Å². The second-order valence-electron chi connectivity index (χ2n) is 10.3. The van der Waals surface area contributed by atoms with Gasteiger partial charge in [0.2, 0.25) is 11.7 Å². The zero-order valence-electron chi connectivity index (χ0n) is 24.6. The van der Waals surface area contributed by atoms with E-state index in [-0.39, 0.29) is 36.9 Å². The molecule has 15 heteroatoms. The van der Waals surface area contributed by atoms with Gasteiger partial charge in [-0.15, -0.1) is 5.10 Å². The number of aromatic nitrogens is 3. The number of hydrogen-bond donors (Lipinski definition) is 3. The van der Waals surface area contributed by atoms with E-state index in [1.807, 2.05) is 11.8 Å². The van der Waals surface area contributed by atoms with Crippen molar-refractivity contribution in [1.82, 2.24) is 30.9 Å². The number of Topliss-reactive ketones (excluding diaryl/α,β-unsaturated/α-hetero) is 1. The molecule has 3 N–H and O–H groups in total. The first-order valence-corrected chi connectivity index (χ1v) is 15.9. The Hall–Kier alpha value is -3.37. The van der Waals surface area contributed by atoms with Crippen molar-refractivity contribution in [3.05, 3.63) is 41.7 Å². The minimum absolute atomic E-state index is 0.0307. The second kappa shape index (κ2) is 18.4. The third-order valence-electron chi connectivity index (χ3n) is 7.08. The van der Waals surface area contributed by atoms with E-state index in [4.69, 9.17) is 18.9 Å². The minimum atomic E-state index is -0.572. The average Bonchev–Trinajstić information content (AvgIpc) is 3.76. The highest BCUT2D eigenvalue weighted by Crippen LogP contribution is 2.33. The molecule has 3 atom stereocenters. The number of unbranched alkanes of at least 4 members (excludes halogenated alkanes) is 1. The number of nitrogens with one attached hydrogen (secondary N) is 3. The van der Waals surface area contributed by atoms with Crippen LogP contribution in [0.5, 0.6) is 0 Å². The summed E-state index contributed by atoms with van der Waals surface area (Å²) in [7, 11) is 0. The number of ether oxygens (including phenoxy) is 4. The number of carbonyl (C=O) groups excluding carboxylic acids is 4. The fourth-order valence-corrected chi connectivity index (χ4v) is 6.34. The molecule has 0 radical (unpaired) electrons. The molecule has 2 aromatic rings. The molecule has 1 aromatic heterocycles. The van der Waals surface area contributed by atoms with Gasteiger partial charge in [-0.25, -0.2) is 9.48 Å². The van der Waals surface area contributed by atoms with Crippen molar-refractivity contribution in [3.8, 4) is 5.69 Å². The van der Waals surface area contributed by atoms with E-state index >= 15 is 0 Å². The summed E-state index contributed by atoms with van der Waals surface area (Å²) < 4.78 is 23.6. The van der Waals surface area contributed by atoms with Gasteiger partial charge in [0, 0.05) is 29.5 Å². The van der Waals surface area contributed by atoms with E-state index in [0.717, 1.165) is 25.0 Å². The molecule has 0 spiro atoms. The number of aldehydes is 1. The molecule has 2 aliphatic heterocycles. The lowest BCUT2D eigenvalue weighted by Gasteiger charge is -2.16. The summed E-state index contributed by atoms with van der Waals surface area (Å²) in [5.74, 6) is 0.412. The first-order valence-electron chi connectivity index (χ1n) is 14.8. The number of thioether (sulfide) groups is 1. The van der Waals surface area contributed by atoms with E-state index in [1.165, 1.54) is 0 Å². The van der Waals surface area contributed by atoms with Crippen LogP contribution in [0.25, 0.3) is 5.69 Å². The standard InChI is InChI=1S/C29H40N6O8S/c36-18-25(37)21-5-7-23(8-6-21)35-17-22(33-34-35)19-43-16-15-42-14-13-41-12-11-40-10-9-30-27(38)4-2-1-3-26-28-24(20-44-26)31-29(39)32-28/h5-8,17-18,24,26,28H,1-4,9-16,19-20H2,(H,30,38)(H2,31,32,39)/t24-,26+,28-/m0/s1. The molecule has 240 valence electrons. The lowest BCUT2D eigenvalue weighted by atomic mass is 10.0. The van der Waals surface area contributed by atoms with Gasteiger partial charge in [0.15, 0.2) is 6.29 Å². The van der Waals surface area contributed by atoms with Crippen molar-refractivity contribution in [1.29, 1.82) is 0 Å².